The molecular weight excluding hydrogens is 386 g/mol. The Hall–Kier alpha value is -3.92. The number of nitrogens with zero attached hydrogens (tertiary/aromatic N) is 1. The molecule has 31 heavy (non-hydrogen) atoms. The van der Waals surface area contributed by atoms with E-state index in [0.717, 1.165) is 51.9 Å². The first-order valence-corrected chi connectivity index (χ1v) is 10.4. The lowest BCUT2D eigenvalue weighted by molar-refractivity contribution is 0.415. The van der Waals surface area contributed by atoms with Crippen molar-refractivity contribution in [3.8, 4) is 28.1 Å². The van der Waals surface area contributed by atoms with E-state index in [1.165, 1.54) is 5.56 Å². The molecule has 0 spiro atoms. The van der Waals surface area contributed by atoms with Gasteiger partial charge in [0.05, 0.1) is 23.7 Å². The Kier molecular flexibility index (Phi) is 3.93. The van der Waals surface area contributed by atoms with Crippen LogP contribution in [0.15, 0.2) is 82.0 Å². The van der Waals surface area contributed by atoms with Gasteiger partial charge in [0.25, 0.3) is 0 Å². The number of fused-ring (bicyclic) bond motifs is 6. The van der Waals surface area contributed by atoms with E-state index < -0.39 is 0 Å². The number of methoxy groups -OCH3 is 1. The number of ether oxygens (including phenoxy) is 1. The van der Waals surface area contributed by atoms with E-state index in [4.69, 9.17) is 14.1 Å². The van der Waals surface area contributed by atoms with Crippen LogP contribution in [0.25, 0.3) is 44.3 Å². The number of para-hydroxylation sites is 1. The zero-order valence-electron chi connectivity index (χ0n) is 17.0. The van der Waals surface area contributed by atoms with Gasteiger partial charge in [0, 0.05) is 16.5 Å². The van der Waals surface area contributed by atoms with E-state index >= 15 is 0 Å². The molecule has 150 valence electrons. The summed E-state index contributed by atoms with van der Waals surface area (Å²) >= 11 is 0. The highest BCUT2D eigenvalue weighted by Crippen LogP contribution is 2.42. The van der Waals surface area contributed by atoms with E-state index in [1.54, 1.807) is 7.11 Å². The molecule has 0 fully saturated rings. The lowest BCUT2D eigenvalue weighted by atomic mass is 9.83. The molecule has 4 heteroatoms. The molecule has 0 aliphatic heterocycles. The van der Waals surface area contributed by atoms with Gasteiger partial charge in [-0.15, -0.1) is 0 Å². The van der Waals surface area contributed by atoms with Gasteiger partial charge < -0.3 is 9.15 Å². The van der Waals surface area contributed by atoms with Crippen molar-refractivity contribution in [2.24, 2.45) is 0 Å². The first-order valence-electron chi connectivity index (χ1n) is 10.4. The topological polar surface area (TPSA) is 52.3 Å². The summed E-state index contributed by atoms with van der Waals surface area (Å²) in [5, 5.41) is 1.39. The molecule has 0 saturated carbocycles. The summed E-state index contributed by atoms with van der Waals surface area (Å²) in [6.45, 7) is 0. The van der Waals surface area contributed by atoms with Crippen LogP contribution in [-0.2, 0) is 12.8 Å². The molecule has 0 amide bonds. The Morgan fingerprint density at radius 2 is 1.68 bits per heavy atom. The monoisotopic (exact) mass is 405 g/mol. The SMILES string of the molecule is COc1ccc(-c2c3c(nc4c2c(=O)oc2ccccc24)-c2ccccc2CC3)cc1. The molecule has 3 aromatic carbocycles. The molecule has 5 aromatic rings. The molecule has 6 rings (SSSR count). The van der Waals surface area contributed by atoms with Crippen LogP contribution in [0.3, 0.4) is 0 Å². The highest BCUT2D eigenvalue weighted by molar-refractivity contribution is 6.09. The third-order valence-corrected chi connectivity index (χ3v) is 6.14. The average Bonchev–Trinajstić information content (AvgIpc) is 2.83. The summed E-state index contributed by atoms with van der Waals surface area (Å²) in [6, 6.07) is 23.9. The summed E-state index contributed by atoms with van der Waals surface area (Å²) in [4.78, 5) is 18.3. The minimum atomic E-state index is -0.353. The van der Waals surface area contributed by atoms with E-state index in [-0.39, 0.29) is 5.63 Å². The standard InChI is InChI=1S/C27H19NO3/c1-30-18-13-10-17(11-14-18)23-21-15-12-16-6-2-3-7-19(16)25(21)28-26-20-8-4-5-9-22(20)31-27(29)24(23)26/h2-11,13-14H,12,15H2,1H3. The van der Waals surface area contributed by atoms with Crippen LogP contribution in [0.5, 0.6) is 5.75 Å². The van der Waals surface area contributed by atoms with Crippen LogP contribution >= 0.6 is 0 Å². The third kappa shape index (κ3) is 2.68. The van der Waals surface area contributed by atoms with Gasteiger partial charge in [-0.1, -0.05) is 48.5 Å². The van der Waals surface area contributed by atoms with Crippen LogP contribution in [-0.4, -0.2) is 12.1 Å². The number of pyridine rings is 1. The number of aromatic nitrogens is 1. The summed E-state index contributed by atoms with van der Waals surface area (Å²) in [6.07, 6.45) is 1.74. The number of hydrogen-bond acceptors (Lipinski definition) is 4. The lowest BCUT2D eigenvalue weighted by Crippen LogP contribution is -2.12. The smallest absolute Gasteiger partial charge is 0.346 e. The van der Waals surface area contributed by atoms with Gasteiger partial charge in [-0.05, 0) is 53.8 Å². The van der Waals surface area contributed by atoms with Gasteiger partial charge in [-0.25, -0.2) is 9.78 Å². The molecule has 0 unspecified atom stereocenters. The molecule has 0 bridgehead atoms. The molecule has 2 heterocycles. The molecule has 0 radical (unpaired) electrons. The number of benzene rings is 3. The second-order valence-electron chi connectivity index (χ2n) is 7.81. The van der Waals surface area contributed by atoms with Gasteiger partial charge in [-0.3, -0.25) is 0 Å². The zero-order chi connectivity index (χ0) is 20.9. The summed E-state index contributed by atoms with van der Waals surface area (Å²) in [7, 11) is 1.65. The van der Waals surface area contributed by atoms with Crippen molar-refractivity contribution in [2.75, 3.05) is 7.11 Å². The lowest BCUT2D eigenvalue weighted by Gasteiger charge is -2.23. The van der Waals surface area contributed by atoms with Crippen molar-refractivity contribution in [1.29, 1.82) is 0 Å². The first-order chi connectivity index (χ1) is 15.2. The van der Waals surface area contributed by atoms with E-state index in [2.05, 4.69) is 18.2 Å². The predicted molar refractivity (Wildman–Crippen MR) is 123 cm³/mol. The maximum atomic E-state index is 13.2. The minimum absolute atomic E-state index is 0.353. The van der Waals surface area contributed by atoms with Crippen LogP contribution in [0, 0.1) is 0 Å². The third-order valence-electron chi connectivity index (χ3n) is 6.14. The molecule has 0 atom stereocenters. The van der Waals surface area contributed by atoms with E-state index in [9.17, 15) is 4.79 Å². The van der Waals surface area contributed by atoms with E-state index in [1.807, 2.05) is 54.6 Å². The molecule has 4 nitrogen and oxygen atoms in total. The predicted octanol–water partition coefficient (Wildman–Crippen LogP) is 5.78. The van der Waals surface area contributed by atoms with E-state index in [0.29, 0.717) is 16.5 Å². The fourth-order valence-electron chi connectivity index (χ4n) is 4.69. The quantitative estimate of drug-likeness (QED) is 0.276. The van der Waals surface area contributed by atoms with Gasteiger partial charge in [-0.2, -0.15) is 0 Å². The molecule has 2 aromatic heterocycles. The fraction of sp³-hybridized carbons (Fsp3) is 0.111. The first kappa shape index (κ1) is 17.9. The van der Waals surface area contributed by atoms with Crippen LogP contribution < -0.4 is 10.4 Å². The zero-order valence-corrected chi connectivity index (χ0v) is 17.0. The van der Waals surface area contributed by atoms with Gasteiger partial charge in [0.1, 0.15) is 11.3 Å². The number of rotatable bonds is 2. The summed E-state index contributed by atoms with van der Waals surface area (Å²) in [5.74, 6) is 0.777. The number of aryl methyl sites for hydroxylation is 1. The van der Waals surface area contributed by atoms with Crippen molar-refractivity contribution >= 4 is 21.9 Å². The Bertz CT molecular complexity index is 1530. The highest BCUT2D eigenvalue weighted by atomic mass is 16.5. The fourth-order valence-corrected chi connectivity index (χ4v) is 4.69. The normalized spacial score (nSPS) is 12.5. The largest absolute Gasteiger partial charge is 0.497 e. The van der Waals surface area contributed by atoms with Gasteiger partial charge >= 0.3 is 5.63 Å². The van der Waals surface area contributed by atoms with Crippen LogP contribution in [0.4, 0.5) is 0 Å². The second kappa shape index (κ2) is 6.81. The molecule has 0 N–H and O–H groups in total. The van der Waals surface area contributed by atoms with Crippen molar-refractivity contribution in [1.82, 2.24) is 4.98 Å². The van der Waals surface area contributed by atoms with Gasteiger partial charge in [0.15, 0.2) is 0 Å². The summed E-state index contributed by atoms with van der Waals surface area (Å²) < 4.78 is 11.1. The maximum Gasteiger partial charge on any atom is 0.346 e. The van der Waals surface area contributed by atoms with Crippen LogP contribution in [0.1, 0.15) is 11.1 Å². The van der Waals surface area contributed by atoms with Crippen molar-refractivity contribution < 1.29 is 9.15 Å². The number of hydrogen-bond donors (Lipinski definition) is 0. The summed E-state index contributed by atoms with van der Waals surface area (Å²) in [5.41, 5.74) is 7.24. The molecule has 1 aliphatic rings. The average molecular weight is 405 g/mol. The molecule has 1 aliphatic carbocycles. The van der Waals surface area contributed by atoms with Gasteiger partial charge in [0.2, 0.25) is 0 Å². The Morgan fingerprint density at radius 1 is 0.903 bits per heavy atom. The Labute approximate surface area is 178 Å². The Morgan fingerprint density at radius 3 is 2.52 bits per heavy atom. The Balaban J connectivity index is 1.81. The maximum absolute atomic E-state index is 13.2. The molecule has 0 saturated heterocycles. The minimum Gasteiger partial charge on any atom is -0.497 e. The molecular formula is C27H19NO3. The van der Waals surface area contributed by atoms with Crippen molar-refractivity contribution in [3.05, 3.63) is 94.3 Å². The second-order valence-corrected chi connectivity index (χ2v) is 7.81. The highest BCUT2D eigenvalue weighted by Gasteiger charge is 2.26. The van der Waals surface area contributed by atoms with Crippen LogP contribution in [0.2, 0.25) is 0 Å². The van der Waals surface area contributed by atoms with Crippen molar-refractivity contribution in [3.63, 3.8) is 0 Å². The van der Waals surface area contributed by atoms with Crippen molar-refractivity contribution in [2.45, 2.75) is 12.8 Å².